The fraction of sp³-hybridized carbons (Fsp3) is 0.571. The fourth-order valence-electron chi connectivity index (χ4n) is 2.38. The van der Waals surface area contributed by atoms with Crippen molar-refractivity contribution in [1.29, 1.82) is 0 Å². The number of ether oxygens (including phenoxy) is 1. The van der Waals surface area contributed by atoms with E-state index < -0.39 is 10.0 Å². The fourth-order valence-corrected chi connectivity index (χ4v) is 3.75. The van der Waals surface area contributed by atoms with Crippen LogP contribution in [0, 0.1) is 5.92 Å². The van der Waals surface area contributed by atoms with Crippen molar-refractivity contribution in [3.8, 4) is 5.75 Å². The normalized spacial score (nSPS) is 20.1. The highest BCUT2D eigenvalue weighted by Crippen LogP contribution is 2.22. The first-order valence-electron chi connectivity index (χ1n) is 6.97. The molecule has 0 amide bonds. The number of anilines is 1. The molecule has 5 nitrogen and oxygen atoms in total. The van der Waals surface area contributed by atoms with Gasteiger partial charge in [0.05, 0.1) is 5.75 Å². The van der Waals surface area contributed by atoms with Crippen LogP contribution in [-0.2, 0) is 10.0 Å². The van der Waals surface area contributed by atoms with Crippen molar-refractivity contribution in [3.63, 3.8) is 0 Å². The molecule has 1 unspecified atom stereocenters. The maximum Gasteiger partial charge on any atom is 0.217 e. The first-order chi connectivity index (χ1) is 9.51. The average Bonchev–Trinajstić information content (AvgIpc) is 2.88. The molecule has 0 saturated carbocycles. The number of benzene rings is 1. The van der Waals surface area contributed by atoms with E-state index in [2.05, 4.69) is 6.92 Å². The Hall–Kier alpha value is -1.27. The molecule has 0 radical (unpaired) electrons. The molecule has 1 aromatic carbocycles. The molecule has 0 aliphatic carbocycles. The van der Waals surface area contributed by atoms with Crippen molar-refractivity contribution in [2.24, 2.45) is 5.92 Å². The molecule has 1 atom stereocenters. The number of nitrogens with zero attached hydrogens (tertiary/aromatic N) is 1. The van der Waals surface area contributed by atoms with Gasteiger partial charge in [-0.25, -0.2) is 12.7 Å². The molecular formula is C14H22N2O3S. The summed E-state index contributed by atoms with van der Waals surface area (Å²) in [6.07, 6.45) is 2.00. The molecule has 1 aromatic rings. The number of nitrogen functional groups attached to an aromatic ring is 1. The van der Waals surface area contributed by atoms with Crippen LogP contribution in [0.4, 0.5) is 5.69 Å². The van der Waals surface area contributed by atoms with Crippen molar-refractivity contribution in [2.75, 3.05) is 31.2 Å². The monoisotopic (exact) mass is 298 g/mol. The van der Waals surface area contributed by atoms with Crippen LogP contribution < -0.4 is 10.5 Å². The standard InChI is InChI=1S/C14H22N2O3S/c1-2-12-6-7-16(11-12)20(17,18)9-8-19-14-5-3-4-13(15)10-14/h3-5,10,12H,2,6-9,11,15H2,1H3. The molecule has 2 N–H and O–H groups in total. The van der Waals surface area contributed by atoms with Crippen molar-refractivity contribution in [1.82, 2.24) is 4.31 Å². The first-order valence-corrected chi connectivity index (χ1v) is 8.58. The highest BCUT2D eigenvalue weighted by atomic mass is 32.2. The van der Waals surface area contributed by atoms with E-state index in [1.54, 1.807) is 28.6 Å². The molecule has 112 valence electrons. The zero-order chi connectivity index (χ0) is 14.6. The third kappa shape index (κ3) is 3.86. The van der Waals surface area contributed by atoms with E-state index in [0.717, 1.165) is 12.8 Å². The molecule has 1 saturated heterocycles. The van der Waals surface area contributed by atoms with E-state index in [1.807, 2.05) is 0 Å². The van der Waals surface area contributed by atoms with Gasteiger partial charge in [0.15, 0.2) is 0 Å². The van der Waals surface area contributed by atoms with Gasteiger partial charge in [0.2, 0.25) is 10.0 Å². The lowest BCUT2D eigenvalue weighted by Gasteiger charge is -2.16. The number of hydrogen-bond donors (Lipinski definition) is 1. The second-order valence-electron chi connectivity index (χ2n) is 5.16. The minimum Gasteiger partial charge on any atom is -0.492 e. The van der Waals surface area contributed by atoms with Gasteiger partial charge in [-0.05, 0) is 24.5 Å². The Morgan fingerprint density at radius 3 is 2.90 bits per heavy atom. The minimum atomic E-state index is -3.21. The third-order valence-electron chi connectivity index (χ3n) is 3.69. The quantitative estimate of drug-likeness (QED) is 0.812. The average molecular weight is 298 g/mol. The topological polar surface area (TPSA) is 72.6 Å². The molecule has 0 aromatic heterocycles. The van der Waals surface area contributed by atoms with Gasteiger partial charge in [0, 0.05) is 24.8 Å². The Morgan fingerprint density at radius 2 is 2.25 bits per heavy atom. The number of hydrogen-bond acceptors (Lipinski definition) is 4. The molecule has 20 heavy (non-hydrogen) atoms. The van der Waals surface area contributed by atoms with Crippen LogP contribution in [-0.4, -0.2) is 38.2 Å². The zero-order valence-corrected chi connectivity index (χ0v) is 12.6. The largest absolute Gasteiger partial charge is 0.492 e. The van der Waals surface area contributed by atoms with E-state index in [9.17, 15) is 8.42 Å². The highest BCUT2D eigenvalue weighted by molar-refractivity contribution is 7.89. The van der Waals surface area contributed by atoms with Crippen LogP contribution in [0.1, 0.15) is 19.8 Å². The summed E-state index contributed by atoms with van der Waals surface area (Å²) in [5.74, 6) is 1.12. The van der Waals surface area contributed by atoms with Crippen molar-refractivity contribution in [2.45, 2.75) is 19.8 Å². The minimum absolute atomic E-state index is 0.0121. The van der Waals surface area contributed by atoms with Gasteiger partial charge >= 0.3 is 0 Å². The van der Waals surface area contributed by atoms with Crippen LogP contribution in [0.5, 0.6) is 5.75 Å². The van der Waals surface area contributed by atoms with E-state index in [0.29, 0.717) is 30.4 Å². The van der Waals surface area contributed by atoms with E-state index >= 15 is 0 Å². The van der Waals surface area contributed by atoms with Gasteiger partial charge in [-0.1, -0.05) is 19.4 Å². The molecule has 2 rings (SSSR count). The summed E-state index contributed by atoms with van der Waals surface area (Å²) < 4.78 is 31.4. The van der Waals surface area contributed by atoms with Gasteiger partial charge < -0.3 is 10.5 Å². The Morgan fingerprint density at radius 1 is 1.45 bits per heavy atom. The van der Waals surface area contributed by atoms with Crippen LogP contribution in [0.25, 0.3) is 0 Å². The van der Waals surface area contributed by atoms with Crippen molar-refractivity contribution >= 4 is 15.7 Å². The third-order valence-corrected chi connectivity index (χ3v) is 5.49. The Labute approximate surface area is 120 Å². The van der Waals surface area contributed by atoms with E-state index in [1.165, 1.54) is 0 Å². The number of sulfonamides is 1. The van der Waals surface area contributed by atoms with Gasteiger partial charge in [-0.15, -0.1) is 0 Å². The Bertz CT molecular complexity index is 545. The molecule has 1 aliphatic rings. The summed E-state index contributed by atoms with van der Waals surface area (Å²) in [5, 5.41) is 0. The summed E-state index contributed by atoms with van der Waals surface area (Å²) in [5.41, 5.74) is 6.25. The lowest BCUT2D eigenvalue weighted by molar-refractivity contribution is 0.336. The second kappa shape index (κ2) is 6.45. The predicted octanol–water partition coefficient (Wildman–Crippen LogP) is 1.71. The van der Waals surface area contributed by atoms with Crippen LogP contribution in [0.3, 0.4) is 0 Å². The molecule has 1 heterocycles. The van der Waals surface area contributed by atoms with E-state index in [4.69, 9.17) is 10.5 Å². The first kappa shape index (κ1) is 15.1. The maximum absolute atomic E-state index is 12.2. The number of nitrogens with two attached hydrogens (primary N) is 1. The molecule has 0 bridgehead atoms. The second-order valence-corrected chi connectivity index (χ2v) is 7.25. The van der Waals surface area contributed by atoms with E-state index in [-0.39, 0.29) is 12.4 Å². The van der Waals surface area contributed by atoms with Crippen molar-refractivity contribution < 1.29 is 13.2 Å². The van der Waals surface area contributed by atoms with Gasteiger partial charge in [-0.3, -0.25) is 0 Å². The van der Waals surface area contributed by atoms with Gasteiger partial charge in [-0.2, -0.15) is 0 Å². The van der Waals surface area contributed by atoms with Crippen molar-refractivity contribution in [3.05, 3.63) is 24.3 Å². The van der Waals surface area contributed by atoms with Gasteiger partial charge in [0.1, 0.15) is 12.4 Å². The molecule has 6 heteroatoms. The maximum atomic E-state index is 12.2. The smallest absolute Gasteiger partial charge is 0.217 e. The lowest BCUT2D eigenvalue weighted by Crippen LogP contribution is -2.33. The zero-order valence-electron chi connectivity index (χ0n) is 11.8. The predicted molar refractivity (Wildman–Crippen MR) is 80.1 cm³/mol. The summed E-state index contributed by atoms with van der Waals surface area (Å²) in [7, 11) is -3.21. The molecule has 1 aliphatic heterocycles. The Balaban J connectivity index is 1.84. The van der Waals surface area contributed by atoms with Crippen LogP contribution in [0.2, 0.25) is 0 Å². The van der Waals surface area contributed by atoms with Crippen LogP contribution >= 0.6 is 0 Å². The molecule has 0 spiro atoms. The van der Waals surface area contributed by atoms with Gasteiger partial charge in [0.25, 0.3) is 0 Å². The van der Waals surface area contributed by atoms with Crippen LogP contribution in [0.15, 0.2) is 24.3 Å². The molecule has 1 fully saturated rings. The summed E-state index contributed by atoms with van der Waals surface area (Å²) in [6, 6.07) is 7.01. The summed E-state index contributed by atoms with van der Waals surface area (Å²) >= 11 is 0. The Kier molecular flexibility index (Phi) is 4.88. The molecular weight excluding hydrogens is 276 g/mol. The summed E-state index contributed by atoms with van der Waals surface area (Å²) in [6.45, 7) is 3.54. The number of rotatable bonds is 6. The lowest BCUT2D eigenvalue weighted by atomic mass is 10.1. The summed E-state index contributed by atoms with van der Waals surface area (Å²) in [4.78, 5) is 0. The SMILES string of the molecule is CCC1CCN(S(=O)(=O)CCOc2cccc(N)c2)C1. The highest BCUT2D eigenvalue weighted by Gasteiger charge is 2.30.